The molecule has 0 aromatic carbocycles. The predicted octanol–water partition coefficient (Wildman–Crippen LogP) is 0.713. The number of pyridine rings is 1. The molecule has 1 atom stereocenters. The molecule has 13 heteroatoms. The first-order valence-corrected chi connectivity index (χ1v) is 8.66. The number of carbonyl (C=O) groups is 2. The molecule has 0 unspecified atom stereocenters. The molecule has 1 aliphatic rings. The van der Waals surface area contributed by atoms with Crippen molar-refractivity contribution < 1.29 is 27.2 Å². The lowest BCUT2D eigenvalue weighted by Crippen LogP contribution is -2.62. The van der Waals surface area contributed by atoms with Crippen molar-refractivity contribution in [2.24, 2.45) is 0 Å². The highest BCUT2D eigenvalue weighted by molar-refractivity contribution is 6.09. The SMILES string of the molecule is O=C(N[C@]1(C(F)(F)F)C(=O)Nc2c1c(=O)[nH]c(=O)n2Cc1ccco1)c1cccnc1. The average molecular weight is 435 g/mol. The maximum atomic E-state index is 14.3. The zero-order valence-electron chi connectivity index (χ0n) is 15.3. The van der Waals surface area contributed by atoms with Crippen molar-refractivity contribution in [3.8, 4) is 0 Å². The van der Waals surface area contributed by atoms with Crippen molar-refractivity contribution in [2.75, 3.05) is 5.32 Å². The Balaban J connectivity index is 1.92. The van der Waals surface area contributed by atoms with Crippen molar-refractivity contribution in [3.63, 3.8) is 0 Å². The number of H-pyrrole nitrogens is 1. The molecule has 0 saturated carbocycles. The fourth-order valence-corrected chi connectivity index (χ4v) is 3.27. The van der Waals surface area contributed by atoms with Crippen LogP contribution in [-0.2, 0) is 16.9 Å². The van der Waals surface area contributed by atoms with Gasteiger partial charge in [-0.2, -0.15) is 13.2 Å². The minimum absolute atomic E-state index is 0.175. The number of nitrogens with zero attached hydrogens (tertiary/aromatic N) is 2. The number of amides is 2. The van der Waals surface area contributed by atoms with Gasteiger partial charge < -0.3 is 15.1 Å². The first-order chi connectivity index (χ1) is 14.6. The number of nitrogens with one attached hydrogen (secondary N) is 3. The molecule has 3 N–H and O–H groups in total. The molecule has 0 saturated heterocycles. The zero-order valence-corrected chi connectivity index (χ0v) is 15.3. The highest BCUT2D eigenvalue weighted by Crippen LogP contribution is 2.45. The van der Waals surface area contributed by atoms with Gasteiger partial charge in [0.05, 0.1) is 18.4 Å². The summed E-state index contributed by atoms with van der Waals surface area (Å²) >= 11 is 0. The third kappa shape index (κ3) is 3.10. The number of alkyl halides is 3. The standard InChI is InChI=1S/C18H12F3N5O5/c19-18(20,21)17(25-13(27)9-3-1-5-22-7-9)11-12(23-15(17)29)26(16(30)24-14(11)28)8-10-4-2-6-31-10/h1-7H,8H2,(H,23,29)(H,25,27)(H,24,28,30)/t17-/m0/s1. The van der Waals surface area contributed by atoms with Gasteiger partial charge in [-0.3, -0.25) is 28.9 Å². The molecule has 31 heavy (non-hydrogen) atoms. The molecule has 4 rings (SSSR count). The topological polar surface area (TPSA) is 139 Å². The second kappa shape index (κ2) is 6.97. The number of carbonyl (C=O) groups excluding carboxylic acids is 2. The van der Waals surface area contributed by atoms with E-state index in [1.54, 1.807) is 10.3 Å². The van der Waals surface area contributed by atoms with Crippen molar-refractivity contribution >= 4 is 17.6 Å². The molecule has 160 valence electrons. The number of anilines is 1. The summed E-state index contributed by atoms with van der Waals surface area (Å²) in [6.45, 7) is -0.379. The third-order valence-electron chi connectivity index (χ3n) is 4.69. The van der Waals surface area contributed by atoms with E-state index < -0.39 is 46.2 Å². The maximum absolute atomic E-state index is 14.3. The Morgan fingerprint density at radius 2 is 2.00 bits per heavy atom. The first-order valence-electron chi connectivity index (χ1n) is 8.66. The summed E-state index contributed by atoms with van der Waals surface area (Å²) in [6, 6.07) is 5.43. The van der Waals surface area contributed by atoms with Crippen LogP contribution in [-0.4, -0.2) is 32.5 Å². The molecule has 3 aromatic rings. The Bertz CT molecular complexity index is 1280. The van der Waals surface area contributed by atoms with Crippen LogP contribution in [0.15, 0.2) is 56.9 Å². The van der Waals surface area contributed by atoms with Gasteiger partial charge in [0.2, 0.25) is 0 Å². The van der Waals surface area contributed by atoms with Crippen LogP contribution in [0.25, 0.3) is 0 Å². The summed E-state index contributed by atoms with van der Waals surface area (Å²) in [5.41, 5.74) is -7.71. The summed E-state index contributed by atoms with van der Waals surface area (Å²) in [6.07, 6.45) is -1.86. The Kier molecular flexibility index (Phi) is 4.52. The van der Waals surface area contributed by atoms with Gasteiger partial charge in [0, 0.05) is 12.4 Å². The number of halogens is 3. The van der Waals surface area contributed by atoms with Gasteiger partial charge in [-0.05, 0) is 24.3 Å². The molecule has 0 bridgehead atoms. The normalized spacial score (nSPS) is 17.8. The van der Waals surface area contributed by atoms with E-state index in [9.17, 15) is 32.3 Å². The fraction of sp³-hybridized carbons (Fsp3) is 0.167. The van der Waals surface area contributed by atoms with E-state index in [0.717, 1.165) is 6.20 Å². The number of aromatic amines is 1. The summed E-state index contributed by atoms with van der Waals surface area (Å²) in [7, 11) is 0. The molecule has 1 aliphatic heterocycles. The monoisotopic (exact) mass is 435 g/mol. The van der Waals surface area contributed by atoms with E-state index in [2.05, 4.69) is 4.98 Å². The van der Waals surface area contributed by atoms with Gasteiger partial charge >= 0.3 is 11.9 Å². The van der Waals surface area contributed by atoms with Crippen LogP contribution in [0, 0.1) is 0 Å². The van der Waals surface area contributed by atoms with E-state index in [1.807, 2.05) is 5.32 Å². The molecule has 10 nitrogen and oxygen atoms in total. The Labute approximate surface area is 169 Å². The number of fused-ring (bicyclic) bond motifs is 1. The Hall–Kier alpha value is -4.16. The number of hydrogen-bond donors (Lipinski definition) is 3. The summed E-state index contributed by atoms with van der Waals surface area (Å²) in [5, 5.41) is 3.55. The fourth-order valence-electron chi connectivity index (χ4n) is 3.27. The van der Waals surface area contributed by atoms with E-state index in [0.29, 0.717) is 4.57 Å². The van der Waals surface area contributed by atoms with Crippen LogP contribution in [0.1, 0.15) is 21.7 Å². The minimum Gasteiger partial charge on any atom is -0.467 e. The van der Waals surface area contributed by atoms with Crippen LogP contribution in [0.3, 0.4) is 0 Å². The van der Waals surface area contributed by atoms with E-state index in [-0.39, 0.29) is 17.9 Å². The first kappa shape index (κ1) is 20.1. The van der Waals surface area contributed by atoms with Crippen LogP contribution >= 0.6 is 0 Å². The second-order valence-electron chi connectivity index (χ2n) is 6.55. The molecule has 0 radical (unpaired) electrons. The van der Waals surface area contributed by atoms with Crippen molar-refractivity contribution in [1.82, 2.24) is 19.9 Å². The number of aromatic nitrogens is 3. The van der Waals surface area contributed by atoms with E-state index in [4.69, 9.17) is 4.42 Å². The number of rotatable bonds is 4. The molecular weight excluding hydrogens is 423 g/mol. The molecule has 0 fully saturated rings. The lowest BCUT2D eigenvalue weighted by atomic mass is 9.91. The van der Waals surface area contributed by atoms with Crippen LogP contribution in [0.5, 0.6) is 0 Å². The third-order valence-corrected chi connectivity index (χ3v) is 4.69. The minimum atomic E-state index is -5.43. The van der Waals surface area contributed by atoms with Gasteiger partial charge in [-0.15, -0.1) is 0 Å². The van der Waals surface area contributed by atoms with Crippen LogP contribution in [0.2, 0.25) is 0 Å². The number of hydrogen-bond acceptors (Lipinski definition) is 6. The second-order valence-corrected chi connectivity index (χ2v) is 6.55. The summed E-state index contributed by atoms with van der Waals surface area (Å²) < 4.78 is 48.6. The van der Waals surface area contributed by atoms with Crippen molar-refractivity contribution in [2.45, 2.75) is 18.3 Å². The zero-order chi connectivity index (χ0) is 22.4. The predicted molar refractivity (Wildman–Crippen MR) is 97.2 cm³/mol. The van der Waals surface area contributed by atoms with Gasteiger partial charge in [0.1, 0.15) is 17.1 Å². The molecule has 2 amide bonds. The largest absolute Gasteiger partial charge is 0.467 e. The van der Waals surface area contributed by atoms with Crippen LogP contribution < -0.4 is 21.9 Å². The van der Waals surface area contributed by atoms with Gasteiger partial charge in [0.15, 0.2) is 0 Å². The lowest BCUT2D eigenvalue weighted by Gasteiger charge is -2.30. The van der Waals surface area contributed by atoms with Gasteiger partial charge in [-0.25, -0.2) is 4.79 Å². The van der Waals surface area contributed by atoms with Gasteiger partial charge in [-0.1, -0.05) is 0 Å². The molecule has 0 aliphatic carbocycles. The Morgan fingerprint density at radius 3 is 2.61 bits per heavy atom. The lowest BCUT2D eigenvalue weighted by molar-refractivity contribution is -0.196. The quantitative estimate of drug-likeness (QED) is 0.552. The van der Waals surface area contributed by atoms with Crippen molar-refractivity contribution in [1.29, 1.82) is 0 Å². The average Bonchev–Trinajstić information content (AvgIpc) is 3.32. The molecule has 3 aromatic heterocycles. The summed E-state index contributed by atoms with van der Waals surface area (Å²) in [4.78, 5) is 55.3. The maximum Gasteiger partial charge on any atom is 0.425 e. The highest BCUT2D eigenvalue weighted by atomic mass is 19.4. The molecule has 4 heterocycles. The highest BCUT2D eigenvalue weighted by Gasteiger charge is 2.68. The molecule has 0 spiro atoms. The van der Waals surface area contributed by atoms with Gasteiger partial charge in [0.25, 0.3) is 22.9 Å². The number of furan rings is 1. The van der Waals surface area contributed by atoms with E-state index in [1.165, 1.54) is 36.7 Å². The molecular formula is C18H12F3N5O5. The van der Waals surface area contributed by atoms with E-state index >= 15 is 0 Å². The smallest absolute Gasteiger partial charge is 0.425 e. The van der Waals surface area contributed by atoms with Crippen molar-refractivity contribution in [3.05, 3.63) is 80.6 Å². The van der Waals surface area contributed by atoms with Crippen LogP contribution in [0.4, 0.5) is 19.0 Å². The Morgan fingerprint density at radius 1 is 1.23 bits per heavy atom. The summed E-state index contributed by atoms with van der Waals surface area (Å²) in [5.74, 6) is -3.55.